The van der Waals surface area contributed by atoms with Gasteiger partial charge in [-0.05, 0) is 46.2 Å². The molecule has 0 aliphatic heterocycles. The van der Waals surface area contributed by atoms with E-state index in [1.54, 1.807) is 7.11 Å². The van der Waals surface area contributed by atoms with Gasteiger partial charge in [0.25, 0.3) is 0 Å². The van der Waals surface area contributed by atoms with Crippen molar-refractivity contribution in [1.29, 1.82) is 0 Å². The van der Waals surface area contributed by atoms with Crippen LogP contribution in [0.1, 0.15) is 25.3 Å². The lowest BCUT2D eigenvalue weighted by Gasteiger charge is -2.09. The van der Waals surface area contributed by atoms with Gasteiger partial charge in [-0.25, -0.2) is 0 Å². The molecule has 1 nitrogen and oxygen atoms in total. The van der Waals surface area contributed by atoms with Gasteiger partial charge >= 0.3 is 0 Å². The fourth-order valence-electron chi connectivity index (χ4n) is 1.10. The maximum absolute atomic E-state index is 5.12. The normalized spacial score (nSPS) is 10.4. The molecule has 0 aromatic heterocycles. The molecule has 0 N–H and O–H groups in total. The van der Waals surface area contributed by atoms with E-state index in [0.717, 1.165) is 5.75 Å². The summed E-state index contributed by atoms with van der Waals surface area (Å²) in [6, 6.07) is 6.21. The smallest absolute Gasteiger partial charge is 0.119 e. The Balaban J connectivity index is 3.03. The van der Waals surface area contributed by atoms with Crippen molar-refractivity contribution < 1.29 is 4.74 Å². The second-order valence-electron chi connectivity index (χ2n) is 3.04. The Morgan fingerprint density at radius 2 is 2.00 bits per heavy atom. The first-order valence-corrected chi connectivity index (χ1v) is 5.06. The van der Waals surface area contributed by atoms with Gasteiger partial charge in [0, 0.05) is 3.57 Å². The van der Waals surface area contributed by atoms with E-state index < -0.39 is 0 Å². The van der Waals surface area contributed by atoms with Crippen LogP contribution in [0.4, 0.5) is 0 Å². The van der Waals surface area contributed by atoms with Gasteiger partial charge in [0.15, 0.2) is 0 Å². The number of rotatable bonds is 2. The molecular formula is C10H13IO. The third kappa shape index (κ3) is 2.12. The summed E-state index contributed by atoms with van der Waals surface area (Å²) in [4.78, 5) is 0. The Hall–Kier alpha value is -0.250. The van der Waals surface area contributed by atoms with Crippen molar-refractivity contribution in [3.05, 3.63) is 27.3 Å². The van der Waals surface area contributed by atoms with E-state index in [0.29, 0.717) is 5.92 Å². The van der Waals surface area contributed by atoms with Gasteiger partial charge in [0.2, 0.25) is 0 Å². The molecule has 2 heteroatoms. The van der Waals surface area contributed by atoms with E-state index in [4.69, 9.17) is 4.74 Å². The lowest BCUT2D eigenvalue weighted by molar-refractivity contribution is 0.414. The number of halogens is 1. The molecule has 0 saturated heterocycles. The van der Waals surface area contributed by atoms with Crippen LogP contribution in [0.2, 0.25) is 0 Å². The molecule has 0 bridgehead atoms. The van der Waals surface area contributed by atoms with Crippen LogP contribution in [0.5, 0.6) is 5.75 Å². The molecule has 0 unspecified atom stereocenters. The third-order valence-corrected chi connectivity index (χ3v) is 2.76. The molecule has 66 valence electrons. The van der Waals surface area contributed by atoms with Crippen LogP contribution in [0.25, 0.3) is 0 Å². The first-order valence-electron chi connectivity index (χ1n) is 3.98. The highest BCUT2D eigenvalue weighted by Crippen LogP contribution is 2.25. The minimum Gasteiger partial charge on any atom is -0.497 e. The van der Waals surface area contributed by atoms with E-state index in [2.05, 4.69) is 48.6 Å². The maximum atomic E-state index is 5.12. The molecule has 0 spiro atoms. The second-order valence-corrected chi connectivity index (χ2v) is 4.20. The number of methoxy groups -OCH3 is 1. The Kier molecular flexibility index (Phi) is 3.38. The molecule has 0 atom stereocenters. The predicted octanol–water partition coefficient (Wildman–Crippen LogP) is 3.42. The van der Waals surface area contributed by atoms with Crippen LogP contribution < -0.4 is 4.74 Å². The zero-order valence-electron chi connectivity index (χ0n) is 7.60. The number of ether oxygens (including phenoxy) is 1. The SMILES string of the molecule is COc1ccc(C(C)C)c(I)c1. The summed E-state index contributed by atoms with van der Waals surface area (Å²) in [5, 5.41) is 0. The largest absolute Gasteiger partial charge is 0.497 e. The minimum absolute atomic E-state index is 0.586. The van der Waals surface area contributed by atoms with Crippen LogP contribution in [0.3, 0.4) is 0 Å². The van der Waals surface area contributed by atoms with E-state index in [9.17, 15) is 0 Å². The molecule has 1 aromatic rings. The molecule has 0 aliphatic rings. The van der Waals surface area contributed by atoms with Gasteiger partial charge in [0.1, 0.15) is 5.75 Å². The molecule has 0 heterocycles. The molecule has 0 aliphatic carbocycles. The van der Waals surface area contributed by atoms with Gasteiger partial charge < -0.3 is 4.74 Å². The maximum Gasteiger partial charge on any atom is 0.119 e. The average Bonchev–Trinajstić information content (AvgIpc) is 2.03. The number of hydrogen-bond donors (Lipinski definition) is 0. The molecule has 1 rings (SSSR count). The zero-order valence-corrected chi connectivity index (χ0v) is 9.75. The monoisotopic (exact) mass is 276 g/mol. The topological polar surface area (TPSA) is 9.23 Å². The average molecular weight is 276 g/mol. The summed E-state index contributed by atoms with van der Waals surface area (Å²) in [5.41, 5.74) is 1.39. The van der Waals surface area contributed by atoms with E-state index >= 15 is 0 Å². The van der Waals surface area contributed by atoms with Crippen molar-refractivity contribution in [2.75, 3.05) is 7.11 Å². The molecular weight excluding hydrogens is 263 g/mol. The van der Waals surface area contributed by atoms with Gasteiger partial charge in [-0.1, -0.05) is 19.9 Å². The molecule has 0 radical (unpaired) electrons. The van der Waals surface area contributed by atoms with Crippen molar-refractivity contribution in [2.45, 2.75) is 19.8 Å². The summed E-state index contributed by atoms with van der Waals surface area (Å²) >= 11 is 2.34. The van der Waals surface area contributed by atoms with E-state index in [1.165, 1.54) is 9.13 Å². The Morgan fingerprint density at radius 1 is 1.33 bits per heavy atom. The number of benzene rings is 1. The summed E-state index contributed by atoms with van der Waals surface area (Å²) in [7, 11) is 1.69. The first kappa shape index (κ1) is 9.84. The minimum atomic E-state index is 0.586. The Bertz CT molecular complexity index is 269. The molecule has 12 heavy (non-hydrogen) atoms. The standard InChI is InChI=1S/C10H13IO/c1-7(2)9-5-4-8(12-3)6-10(9)11/h4-7H,1-3H3. The molecule has 1 aromatic carbocycles. The Labute approximate surface area is 87.3 Å². The summed E-state index contributed by atoms with van der Waals surface area (Å²) < 4.78 is 6.40. The van der Waals surface area contributed by atoms with Crippen LogP contribution in [0.15, 0.2) is 18.2 Å². The second kappa shape index (κ2) is 4.12. The van der Waals surface area contributed by atoms with Crippen LogP contribution >= 0.6 is 22.6 Å². The predicted molar refractivity (Wildman–Crippen MR) is 59.8 cm³/mol. The highest BCUT2D eigenvalue weighted by Gasteiger charge is 2.04. The van der Waals surface area contributed by atoms with Gasteiger partial charge in [-0.15, -0.1) is 0 Å². The Morgan fingerprint density at radius 3 is 2.42 bits per heavy atom. The van der Waals surface area contributed by atoms with Crippen molar-refractivity contribution in [3.63, 3.8) is 0 Å². The molecule has 0 amide bonds. The van der Waals surface area contributed by atoms with Gasteiger partial charge in [0.05, 0.1) is 7.11 Å². The third-order valence-electron chi connectivity index (χ3n) is 1.83. The summed E-state index contributed by atoms with van der Waals surface area (Å²) in [6.45, 7) is 4.40. The van der Waals surface area contributed by atoms with Gasteiger partial charge in [-0.2, -0.15) is 0 Å². The lowest BCUT2D eigenvalue weighted by Crippen LogP contribution is -1.92. The van der Waals surface area contributed by atoms with Crippen LogP contribution in [-0.2, 0) is 0 Å². The summed E-state index contributed by atoms with van der Waals surface area (Å²) in [6.07, 6.45) is 0. The van der Waals surface area contributed by atoms with E-state index in [1.807, 2.05) is 6.07 Å². The van der Waals surface area contributed by atoms with Crippen molar-refractivity contribution in [1.82, 2.24) is 0 Å². The fourth-order valence-corrected chi connectivity index (χ4v) is 2.21. The molecule has 0 fully saturated rings. The van der Waals surface area contributed by atoms with Crippen molar-refractivity contribution in [2.24, 2.45) is 0 Å². The lowest BCUT2D eigenvalue weighted by atomic mass is 10.0. The zero-order chi connectivity index (χ0) is 9.14. The van der Waals surface area contributed by atoms with Crippen molar-refractivity contribution >= 4 is 22.6 Å². The van der Waals surface area contributed by atoms with Gasteiger partial charge in [-0.3, -0.25) is 0 Å². The molecule has 0 saturated carbocycles. The van der Waals surface area contributed by atoms with Crippen molar-refractivity contribution in [3.8, 4) is 5.75 Å². The first-order chi connectivity index (χ1) is 5.65. The van der Waals surface area contributed by atoms with E-state index in [-0.39, 0.29) is 0 Å². The fraction of sp³-hybridized carbons (Fsp3) is 0.400. The summed E-state index contributed by atoms with van der Waals surface area (Å²) in [5.74, 6) is 1.52. The van der Waals surface area contributed by atoms with Crippen LogP contribution in [-0.4, -0.2) is 7.11 Å². The number of hydrogen-bond acceptors (Lipinski definition) is 1. The highest BCUT2D eigenvalue weighted by atomic mass is 127. The highest BCUT2D eigenvalue weighted by molar-refractivity contribution is 14.1. The van der Waals surface area contributed by atoms with Crippen LogP contribution in [0, 0.1) is 3.57 Å². The quantitative estimate of drug-likeness (QED) is 0.752.